The Kier molecular flexibility index (Phi) is 18.9. The molecule has 21 heteroatoms. The Bertz CT molecular complexity index is 843. The molecule has 0 aliphatic carbocycles. The lowest BCUT2D eigenvalue weighted by molar-refractivity contribution is -0.790. The maximum Gasteiger partial charge on any atom is 0.294 e. The van der Waals surface area contributed by atoms with E-state index >= 15 is 0 Å². The number of ketones is 1. The molecule has 0 fully saturated rings. The summed E-state index contributed by atoms with van der Waals surface area (Å²) in [5, 5.41) is 39.5. The number of hydrogen-bond donors (Lipinski definition) is 1. The first-order chi connectivity index (χ1) is 18.9. The standard InChI is InChI=1S/C19H31N5O16/c25-14-36-16(11-15(26)5-3-7-17(39-23(32)33)12-37-21(28)29)6-1-2-10-20-19(27)9-4-8-18(40-24(34)35)13-38-22(30)31/h14,16-18H,1-13H2,(H,20,27). The van der Waals surface area contributed by atoms with E-state index in [0.29, 0.717) is 19.3 Å². The average molecular weight is 585 g/mol. The molecule has 0 aromatic carbocycles. The minimum absolute atomic E-state index is 0.0207. The summed E-state index contributed by atoms with van der Waals surface area (Å²) in [6.45, 7) is -0.880. The third kappa shape index (κ3) is 21.5. The second kappa shape index (κ2) is 21.4. The fraction of sp³-hybridized carbons (Fsp3) is 0.842. The van der Waals surface area contributed by atoms with Gasteiger partial charge in [-0.3, -0.25) is 14.4 Å². The average Bonchev–Trinajstić information content (AvgIpc) is 2.84. The van der Waals surface area contributed by atoms with Crippen LogP contribution in [-0.2, 0) is 38.5 Å². The van der Waals surface area contributed by atoms with Crippen LogP contribution in [-0.4, -0.2) is 76.6 Å². The van der Waals surface area contributed by atoms with Crippen LogP contribution in [0.3, 0.4) is 0 Å². The summed E-state index contributed by atoms with van der Waals surface area (Å²) in [7, 11) is 0. The molecule has 1 N–H and O–H groups in total. The highest BCUT2D eigenvalue weighted by molar-refractivity contribution is 5.79. The summed E-state index contributed by atoms with van der Waals surface area (Å²) in [6, 6.07) is 0. The van der Waals surface area contributed by atoms with Crippen molar-refractivity contribution in [1.29, 1.82) is 0 Å². The highest BCUT2D eigenvalue weighted by Crippen LogP contribution is 2.13. The quantitative estimate of drug-likeness (QED) is 0.0600. The molecule has 1 amide bonds. The summed E-state index contributed by atoms with van der Waals surface area (Å²) in [4.78, 5) is 92.9. The fourth-order valence-electron chi connectivity index (χ4n) is 3.35. The fourth-order valence-corrected chi connectivity index (χ4v) is 3.35. The predicted molar refractivity (Wildman–Crippen MR) is 125 cm³/mol. The summed E-state index contributed by atoms with van der Waals surface area (Å²) >= 11 is 0. The van der Waals surface area contributed by atoms with Crippen molar-refractivity contribution in [2.24, 2.45) is 0 Å². The van der Waals surface area contributed by atoms with Gasteiger partial charge in [0, 0.05) is 25.8 Å². The highest BCUT2D eigenvalue weighted by atomic mass is 17.0. The molecule has 0 saturated heterocycles. The first kappa shape index (κ1) is 35.4. The Morgan fingerprint density at radius 3 is 1.68 bits per heavy atom. The maximum atomic E-state index is 12.2. The van der Waals surface area contributed by atoms with Crippen LogP contribution in [0.5, 0.6) is 0 Å². The largest absolute Gasteiger partial charge is 0.464 e. The third-order valence-electron chi connectivity index (χ3n) is 5.09. The van der Waals surface area contributed by atoms with Crippen LogP contribution in [0.25, 0.3) is 0 Å². The van der Waals surface area contributed by atoms with Crippen LogP contribution >= 0.6 is 0 Å². The van der Waals surface area contributed by atoms with Crippen LogP contribution in [0.15, 0.2) is 0 Å². The Hall–Kier alpha value is -4.59. The molecule has 40 heavy (non-hydrogen) atoms. The van der Waals surface area contributed by atoms with Crippen molar-refractivity contribution in [3.8, 4) is 0 Å². The molecule has 0 rings (SSSR count). The minimum atomic E-state index is -1.23. The first-order valence-corrected chi connectivity index (χ1v) is 12.0. The molecule has 0 aromatic heterocycles. The van der Waals surface area contributed by atoms with E-state index in [2.05, 4.69) is 24.7 Å². The van der Waals surface area contributed by atoms with Gasteiger partial charge in [-0.25, -0.2) is 0 Å². The predicted octanol–water partition coefficient (Wildman–Crippen LogP) is 0.685. The zero-order valence-electron chi connectivity index (χ0n) is 21.3. The molecule has 3 unspecified atom stereocenters. The molecule has 0 saturated carbocycles. The molecule has 0 aromatic rings. The lowest BCUT2D eigenvalue weighted by atomic mass is 10.0. The number of carbonyl (C=O) groups excluding carboxylic acids is 3. The van der Waals surface area contributed by atoms with Gasteiger partial charge in [0.1, 0.15) is 37.3 Å². The van der Waals surface area contributed by atoms with Gasteiger partial charge >= 0.3 is 0 Å². The molecule has 0 bridgehead atoms. The zero-order valence-corrected chi connectivity index (χ0v) is 21.3. The van der Waals surface area contributed by atoms with E-state index in [0.717, 1.165) is 0 Å². The topological polar surface area (TPSA) is 282 Å². The molecule has 0 spiro atoms. The number of amides is 1. The molecule has 0 aliphatic heterocycles. The number of nitrogens with zero attached hydrogens (tertiary/aromatic N) is 4. The minimum Gasteiger partial charge on any atom is -0.464 e. The summed E-state index contributed by atoms with van der Waals surface area (Å²) < 4.78 is 4.91. The normalized spacial score (nSPS) is 12.6. The van der Waals surface area contributed by atoms with Gasteiger partial charge in [0.25, 0.3) is 26.8 Å². The Morgan fingerprint density at radius 2 is 1.20 bits per heavy atom. The van der Waals surface area contributed by atoms with Crippen molar-refractivity contribution in [2.75, 3.05) is 19.8 Å². The summed E-state index contributed by atoms with van der Waals surface area (Å²) in [6.07, 6.45) is -1.94. The van der Waals surface area contributed by atoms with Crippen molar-refractivity contribution < 1.29 is 58.8 Å². The number of unbranched alkanes of at least 4 members (excludes halogenated alkanes) is 1. The second-order valence-corrected chi connectivity index (χ2v) is 8.17. The van der Waals surface area contributed by atoms with E-state index < -0.39 is 51.9 Å². The Balaban J connectivity index is 4.26. The summed E-state index contributed by atoms with van der Waals surface area (Å²) in [5.41, 5.74) is 0. The SMILES string of the molecule is O=COC(CCCCNC(=O)CCCC(CO[N+](=O)[O-])O[N+](=O)[O-])CC(=O)CCCC(CO[N+](=O)[O-])O[N+](=O)[O-]. The van der Waals surface area contributed by atoms with E-state index in [1.807, 2.05) is 0 Å². The van der Waals surface area contributed by atoms with Crippen LogP contribution in [0.4, 0.5) is 0 Å². The van der Waals surface area contributed by atoms with Gasteiger partial charge in [0.05, 0.1) is 0 Å². The zero-order chi connectivity index (χ0) is 30.3. The van der Waals surface area contributed by atoms with Gasteiger partial charge in [-0.1, -0.05) is 0 Å². The van der Waals surface area contributed by atoms with Crippen molar-refractivity contribution in [2.45, 2.75) is 82.5 Å². The van der Waals surface area contributed by atoms with Crippen molar-refractivity contribution in [3.05, 3.63) is 40.5 Å². The van der Waals surface area contributed by atoms with Gasteiger partial charge in [-0.2, -0.15) is 0 Å². The molecule has 21 nitrogen and oxygen atoms in total. The van der Waals surface area contributed by atoms with Crippen LogP contribution in [0.1, 0.15) is 64.2 Å². The summed E-state index contributed by atoms with van der Waals surface area (Å²) in [5.74, 6) is -0.674. The molecule has 228 valence electrons. The maximum absolute atomic E-state index is 12.2. The van der Waals surface area contributed by atoms with E-state index in [-0.39, 0.29) is 69.7 Å². The number of nitrogens with one attached hydrogen (secondary N) is 1. The Morgan fingerprint density at radius 1 is 0.700 bits per heavy atom. The van der Waals surface area contributed by atoms with E-state index in [4.69, 9.17) is 4.74 Å². The number of ether oxygens (including phenoxy) is 1. The molecule has 0 heterocycles. The van der Waals surface area contributed by atoms with Crippen LogP contribution < -0.4 is 5.32 Å². The van der Waals surface area contributed by atoms with Gasteiger partial charge in [-0.15, -0.1) is 40.5 Å². The van der Waals surface area contributed by atoms with Crippen molar-refractivity contribution in [3.63, 3.8) is 0 Å². The van der Waals surface area contributed by atoms with E-state index in [1.165, 1.54) is 0 Å². The Labute approximate surface area is 225 Å². The van der Waals surface area contributed by atoms with Gasteiger partial charge in [0.2, 0.25) is 5.91 Å². The van der Waals surface area contributed by atoms with E-state index in [1.54, 1.807) is 0 Å². The van der Waals surface area contributed by atoms with Crippen molar-refractivity contribution in [1.82, 2.24) is 5.32 Å². The number of hydrogen-bond acceptors (Lipinski definition) is 16. The molecule has 0 radical (unpaired) electrons. The smallest absolute Gasteiger partial charge is 0.294 e. The molecular weight excluding hydrogens is 554 g/mol. The highest BCUT2D eigenvalue weighted by Gasteiger charge is 2.19. The van der Waals surface area contributed by atoms with E-state index in [9.17, 15) is 54.8 Å². The lowest BCUT2D eigenvalue weighted by Gasteiger charge is -2.16. The second-order valence-electron chi connectivity index (χ2n) is 8.17. The van der Waals surface area contributed by atoms with Crippen LogP contribution in [0.2, 0.25) is 0 Å². The van der Waals surface area contributed by atoms with Gasteiger partial charge < -0.3 is 29.4 Å². The number of Topliss-reactive ketones (excluding diaryl/α,β-unsaturated/α-hetero) is 1. The molecule has 0 aliphatic rings. The third-order valence-corrected chi connectivity index (χ3v) is 5.09. The number of rotatable bonds is 27. The lowest BCUT2D eigenvalue weighted by Crippen LogP contribution is -2.27. The monoisotopic (exact) mass is 585 g/mol. The van der Waals surface area contributed by atoms with Crippen molar-refractivity contribution >= 4 is 18.2 Å². The number of carbonyl (C=O) groups is 3. The molecular formula is C19H31N5O16. The van der Waals surface area contributed by atoms with Crippen LogP contribution in [0, 0.1) is 40.5 Å². The molecule has 3 atom stereocenters. The van der Waals surface area contributed by atoms with Gasteiger partial charge in [0.15, 0.2) is 0 Å². The first-order valence-electron chi connectivity index (χ1n) is 12.0. The van der Waals surface area contributed by atoms with Gasteiger partial charge in [-0.05, 0) is 44.9 Å².